The summed E-state index contributed by atoms with van der Waals surface area (Å²) in [7, 11) is 0. The molecule has 0 saturated carbocycles. The van der Waals surface area contributed by atoms with Crippen molar-refractivity contribution in [2.24, 2.45) is 4.99 Å². The molecule has 1 heterocycles. The number of nitrogens with zero attached hydrogens (tertiary/aromatic N) is 1. The Balaban J connectivity index is 2.55. The van der Waals surface area contributed by atoms with Gasteiger partial charge in [0.2, 0.25) is 0 Å². The molecule has 1 aliphatic rings. The second-order valence-electron chi connectivity index (χ2n) is 2.57. The molecule has 0 bridgehead atoms. The third-order valence-corrected chi connectivity index (χ3v) is 2.01. The fourth-order valence-corrected chi connectivity index (χ4v) is 1.38. The van der Waals surface area contributed by atoms with E-state index >= 15 is 0 Å². The molecular formula is C8H9Cl2NO2. The van der Waals surface area contributed by atoms with Gasteiger partial charge < -0.3 is 4.74 Å². The van der Waals surface area contributed by atoms with Crippen LogP contribution in [0.4, 0.5) is 0 Å². The largest absolute Gasteiger partial charge is 0.462 e. The van der Waals surface area contributed by atoms with E-state index in [9.17, 15) is 4.79 Å². The summed E-state index contributed by atoms with van der Waals surface area (Å²) >= 11 is 11.2. The highest BCUT2D eigenvalue weighted by atomic mass is 35.5. The Morgan fingerprint density at radius 2 is 2.31 bits per heavy atom. The lowest BCUT2D eigenvalue weighted by atomic mass is 10.2. The summed E-state index contributed by atoms with van der Waals surface area (Å²) in [6.45, 7) is 2.31. The normalized spacial score (nSPS) is 16.1. The van der Waals surface area contributed by atoms with Crippen LogP contribution in [0.3, 0.4) is 0 Å². The molecule has 5 heteroatoms. The second kappa shape index (κ2) is 4.63. The van der Waals surface area contributed by atoms with E-state index in [-0.39, 0.29) is 11.6 Å². The Labute approximate surface area is 86.4 Å². The van der Waals surface area contributed by atoms with Gasteiger partial charge in [0, 0.05) is 6.42 Å². The molecule has 0 fully saturated rings. The van der Waals surface area contributed by atoms with Crippen molar-refractivity contribution in [2.75, 3.05) is 6.61 Å². The van der Waals surface area contributed by atoms with Crippen molar-refractivity contribution in [3.63, 3.8) is 0 Å². The van der Waals surface area contributed by atoms with Crippen LogP contribution in [-0.2, 0) is 9.53 Å². The minimum absolute atomic E-state index is 0.145. The summed E-state index contributed by atoms with van der Waals surface area (Å²) in [5, 5.41) is 0.472. The fraction of sp³-hybridized carbons (Fsp3) is 0.500. The number of hydrogen-bond donors (Lipinski definition) is 0. The van der Waals surface area contributed by atoms with Crippen LogP contribution in [0, 0.1) is 0 Å². The van der Waals surface area contributed by atoms with Crippen molar-refractivity contribution in [3.05, 3.63) is 10.7 Å². The molecule has 0 amide bonds. The van der Waals surface area contributed by atoms with E-state index < -0.39 is 5.97 Å². The molecular weight excluding hydrogens is 213 g/mol. The Kier molecular flexibility index (Phi) is 3.75. The van der Waals surface area contributed by atoms with E-state index in [1.807, 2.05) is 6.92 Å². The minimum atomic E-state index is -0.425. The van der Waals surface area contributed by atoms with Crippen LogP contribution in [0.25, 0.3) is 0 Å². The van der Waals surface area contributed by atoms with Gasteiger partial charge in [0.1, 0.15) is 10.3 Å². The smallest absolute Gasteiger partial charge is 0.337 e. The second-order valence-corrected chi connectivity index (χ2v) is 3.36. The van der Waals surface area contributed by atoms with Gasteiger partial charge in [0.15, 0.2) is 0 Å². The zero-order valence-corrected chi connectivity index (χ0v) is 8.65. The van der Waals surface area contributed by atoms with Crippen LogP contribution in [0.15, 0.2) is 15.7 Å². The van der Waals surface area contributed by atoms with Crippen molar-refractivity contribution < 1.29 is 9.53 Å². The number of hydrogen-bond acceptors (Lipinski definition) is 3. The Hall–Kier alpha value is -0.540. The van der Waals surface area contributed by atoms with Crippen LogP contribution >= 0.6 is 23.2 Å². The minimum Gasteiger partial charge on any atom is -0.462 e. The van der Waals surface area contributed by atoms with E-state index in [1.165, 1.54) is 0 Å². The summed E-state index contributed by atoms with van der Waals surface area (Å²) in [6.07, 6.45) is 1.06. The maximum atomic E-state index is 11.3. The van der Waals surface area contributed by atoms with Gasteiger partial charge in [0.05, 0.1) is 12.2 Å². The highest BCUT2D eigenvalue weighted by molar-refractivity contribution is 6.67. The predicted molar refractivity (Wildman–Crippen MR) is 52.0 cm³/mol. The van der Waals surface area contributed by atoms with Gasteiger partial charge in [-0.3, -0.25) is 0 Å². The first kappa shape index (κ1) is 10.5. The van der Waals surface area contributed by atoms with E-state index in [0.29, 0.717) is 17.4 Å². The molecule has 0 radical (unpaired) electrons. The van der Waals surface area contributed by atoms with Crippen molar-refractivity contribution in [2.45, 2.75) is 19.8 Å². The van der Waals surface area contributed by atoms with Crippen LogP contribution < -0.4 is 0 Å². The lowest BCUT2D eigenvalue weighted by Gasteiger charge is -2.02. The summed E-state index contributed by atoms with van der Waals surface area (Å²) in [6, 6.07) is 0. The maximum Gasteiger partial charge on any atom is 0.337 e. The number of ether oxygens (including phenoxy) is 1. The molecule has 0 atom stereocenters. The molecule has 0 aromatic heterocycles. The summed E-state index contributed by atoms with van der Waals surface area (Å²) in [5.41, 5.74) is 0.347. The third kappa shape index (κ3) is 2.71. The zero-order valence-electron chi connectivity index (χ0n) is 7.14. The molecule has 0 aromatic carbocycles. The van der Waals surface area contributed by atoms with Gasteiger partial charge in [-0.05, 0) is 6.42 Å². The Bertz CT molecular complexity index is 284. The van der Waals surface area contributed by atoms with E-state index in [2.05, 4.69) is 4.99 Å². The van der Waals surface area contributed by atoms with Gasteiger partial charge in [-0.15, -0.1) is 0 Å². The number of rotatable bonds is 3. The average molecular weight is 222 g/mol. The lowest BCUT2D eigenvalue weighted by molar-refractivity contribution is -0.139. The third-order valence-electron chi connectivity index (χ3n) is 1.47. The Morgan fingerprint density at radius 3 is 2.77 bits per heavy atom. The number of carbonyl (C=O) groups excluding carboxylic acids is 1. The Morgan fingerprint density at radius 1 is 1.62 bits per heavy atom. The predicted octanol–water partition coefficient (Wildman–Crippen LogP) is 2.43. The molecule has 0 saturated heterocycles. The first-order valence-electron chi connectivity index (χ1n) is 3.94. The topological polar surface area (TPSA) is 38.7 Å². The average Bonchev–Trinajstić information content (AvgIpc) is 2.41. The highest BCUT2D eigenvalue weighted by Crippen LogP contribution is 2.25. The molecule has 1 aliphatic heterocycles. The molecule has 13 heavy (non-hydrogen) atoms. The summed E-state index contributed by atoms with van der Waals surface area (Å²) < 4.78 is 4.88. The van der Waals surface area contributed by atoms with Crippen molar-refractivity contribution in [1.82, 2.24) is 0 Å². The highest BCUT2D eigenvalue weighted by Gasteiger charge is 2.22. The lowest BCUT2D eigenvalue weighted by Crippen LogP contribution is -2.08. The monoisotopic (exact) mass is 221 g/mol. The first-order chi connectivity index (χ1) is 6.15. The van der Waals surface area contributed by atoms with Gasteiger partial charge >= 0.3 is 5.97 Å². The summed E-state index contributed by atoms with van der Waals surface area (Å²) in [4.78, 5) is 15.0. The molecule has 0 aliphatic carbocycles. The van der Waals surface area contributed by atoms with E-state index in [0.717, 1.165) is 6.42 Å². The molecule has 0 spiro atoms. The SMILES string of the molecule is CCCOC(=O)C1=C(Cl)N=C(Cl)C1. The molecule has 3 nitrogen and oxygen atoms in total. The fourth-order valence-electron chi connectivity index (χ4n) is 0.871. The zero-order chi connectivity index (χ0) is 9.84. The van der Waals surface area contributed by atoms with E-state index in [1.54, 1.807) is 0 Å². The van der Waals surface area contributed by atoms with Crippen molar-refractivity contribution in [3.8, 4) is 0 Å². The van der Waals surface area contributed by atoms with Crippen LogP contribution in [-0.4, -0.2) is 17.7 Å². The summed E-state index contributed by atoms with van der Waals surface area (Å²) in [5.74, 6) is -0.425. The molecule has 0 N–H and O–H groups in total. The van der Waals surface area contributed by atoms with Gasteiger partial charge in [0.25, 0.3) is 0 Å². The van der Waals surface area contributed by atoms with Crippen molar-refractivity contribution >= 4 is 34.3 Å². The van der Waals surface area contributed by atoms with Crippen molar-refractivity contribution in [1.29, 1.82) is 0 Å². The quantitative estimate of drug-likeness (QED) is 0.543. The van der Waals surface area contributed by atoms with Crippen LogP contribution in [0.1, 0.15) is 19.8 Å². The van der Waals surface area contributed by atoms with Crippen LogP contribution in [0.5, 0.6) is 0 Å². The number of carbonyl (C=O) groups is 1. The molecule has 0 unspecified atom stereocenters. The number of aliphatic imine (C=N–C) groups is 1. The van der Waals surface area contributed by atoms with Crippen LogP contribution in [0.2, 0.25) is 0 Å². The molecule has 0 aromatic rings. The van der Waals surface area contributed by atoms with E-state index in [4.69, 9.17) is 27.9 Å². The molecule has 1 rings (SSSR count). The standard InChI is InChI=1S/C8H9Cl2NO2/c1-2-3-13-8(12)5-4-6(9)11-7(5)10/h2-4H2,1H3. The van der Waals surface area contributed by atoms with Gasteiger partial charge in [-0.1, -0.05) is 30.1 Å². The first-order valence-corrected chi connectivity index (χ1v) is 4.69. The number of esters is 1. The molecule has 72 valence electrons. The number of halogens is 2. The van der Waals surface area contributed by atoms with Gasteiger partial charge in [-0.25, -0.2) is 9.79 Å². The maximum absolute atomic E-state index is 11.3. The van der Waals surface area contributed by atoms with Gasteiger partial charge in [-0.2, -0.15) is 0 Å².